The van der Waals surface area contributed by atoms with E-state index >= 15 is 0 Å². The van der Waals surface area contributed by atoms with Crippen LogP contribution in [0.15, 0.2) is 24.1 Å². The summed E-state index contributed by atoms with van der Waals surface area (Å²) >= 11 is 0. The highest BCUT2D eigenvalue weighted by Crippen LogP contribution is 2.19. The molecule has 1 rings (SSSR count). The fraction of sp³-hybridized carbons (Fsp3) is 0.429. The molecule has 56 valence electrons. The van der Waals surface area contributed by atoms with Gasteiger partial charge < -0.3 is 0 Å². The summed E-state index contributed by atoms with van der Waals surface area (Å²) in [6.07, 6.45) is 5.88. The first-order valence-corrected chi connectivity index (χ1v) is 3.30. The quantitative estimate of drug-likeness (QED) is 0.443. The molecule has 1 aliphatic rings. The minimum absolute atomic E-state index is 0.0602. The van der Waals surface area contributed by atoms with Crippen molar-refractivity contribution in [2.45, 2.75) is 6.42 Å². The molecule has 0 radical (unpaired) electrons. The van der Waals surface area contributed by atoms with Gasteiger partial charge in [0.15, 0.2) is 0 Å². The first kappa shape index (κ1) is 7.44. The van der Waals surface area contributed by atoms with Crippen molar-refractivity contribution in [3.05, 3.63) is 24.1 Å². The number of hydrazine groups is 1. The maximum Gasteiger partial charge on any atom is 0.105 e. The van der Waals surface area contributed by atoms with Gasteiger partial charge in [-0.05, 0) is 12.5 Å². The van der Waals surface area contributed by atoms with Crippen LogP contribution in [0, 0.1) is 5.92 Å². The van der Waals surface area contributed by atoms with E-state index in [4.69, 9.17) is 5.84 Å². The Hall–Kier alpha value is -0.670. The third-order valence-electron chi connectivity index (χ3n) is 1.57. The molecule has 0 heterocycles. The van der Waals surface area contributed by atoms with Crippen molar-refractivity contribution in [1.82, 2.24) is 5.43 Å². The Morgan fingerprint density at radius 2 is 2.60 bits per heavy atom. The molecule has 3 heteroatoms. The number of hydrogen-bond acceptors (Lipinski definition) is 2. The summed E-state index contributed by atoms with van der Waals surface area (Å²) in [5.74, 6) is 4.91. The lowest BCUT2D eigenvalue weighted by Gasteiger charge is -2.13. The molecule has 3 N–H and O–H groups in total. The largest absolute Gasteiger partial charge is 0.271 e. The molecule has 0 spiro atoms. The van der Waals surface area contributed by atoms with Gasteiger partial charge >= 0.3 is 0 Å². The van der Waals surface area contributed by atoms with Crippen molar-refractivity contribution in [2.24, 2.45) is 11.8 Å². The Labute approximate surface area is 59.6 Å². The standard InChI is InChI=1S/C7H11FN2/c8-7-4-2-1-3-6(7)5-10-9/h1-2,4,6,10H,3,5,9H2. The normalized spacial score (nSPS) is 24.6. The Bertz CT molecular complexity index is 163. The van der Waals surface area contributed by atoms with Gasteiger partial charge in [-0.25, -0.2) is 4.39 Å². The Balaban J connectivity index is 2.47. The van der Waals surface area contributed by atoms with Crippen LogP contribution in [0.1, 0.15) is 6.42 Å². The van der Waals surface area contributed by atoms with E-state index in [1.807, 2.05) is 6.08 Å². The van der Waals surface area contributed by atoms with Gasteiger partial charge in [-0.2, -0.15) is 0 Å². The van der Waals surface area contributed by atoms with Gasteiger partial charge in [-0.1, -0.05) is 12.2 Å². The predicted molar refractivity (Wildman–Crippen MR) is 38.6 cm³/mol. The van der Waals surface area contributed by atoms with Crippen molar-refractivity contribution in [1.29, 1.82) is 0 Å². The second-order valence-corrected chi connectivity index (χ2v) is 2.32. The van der Waals surface area contributed by atoms with E-state index in [0.717, 1.165) is 6.42 Å². The van der Waals surface area contributed by atoms with Crippen LogP contribution in [0.2, 0.25) is 0 Å². The number of halogens is 1. The Kier molecular flexibility index (Phi) is 2.59. The maximum atomic E-state index is 12.7. The predicted octanol–water partition coefficient (Wildman–Crippen LogP) is 0.879. The highest BCUT2D eigenvalue weighted by atomic mass is 19.1. The SMILES string of the molecule is NNCC1CC=CC=C1F. The van der Waals surface area contributed by atoms with Gasteiger partial charge in [0.25, 0.3) is 0 Å². The second kappa shape index (κ2) is 3.49. The molecule has 2 nitrogen and oxygen atoms in total. The summed E-state index contributed by atoms with van der Waals surface area (Å²) in [4.78, 5) is 0. The van der Waals surface area contributed by atoms with Crippen LogP contribution in [0.3, 0.4) is 0 Å². The van der Waals surface area contributed by atoms with Crippen LogP contribution in [0.5, 0.6) is 0 Å². The fourth-order valence-electron chi connectivity index (χ4n) is 0.975. The molecule has 1 atom stereocenters. The van der Waals surface area contributed by atoms with Gasteiger partial charge in [-0.15, -0.1) is 0 Å². The molecule has 1 unspecified atom stereocenters. The summed E-state index contributed by atoms with van der Waals surface area (Å²) < 4.78 is 12.7. The minimum atomic E-state index is -0.0829. The summed E-state index contributed by atoms with van der Waals surface area (Å²) in [5.41, 5.74) is 2.45. The topological polar surface area (TPSA) is 38.0 Å². The first-order valence-electron chi connectivity index (χ1n) is 3.30. The highest BCUT2D eigenvalue weighted by Gasteiger charge is 2.13. The van der Waals surface area contributed by atoms with Crippen molar-refractivity contribution in [2.75, 3.05) is 6.54 Å². The molecule has 0 amide bonds. The Morgan fingerprint density at radius 1 is 1.80 bits per heavy atom. The molecule has 1 aliphatic carbocycles. The zero-order valence-electron chi connectivity index (χ0n) is 5.68. The first-order chi connectivity index (χ1) is 4.84. The van der Waals surface area contributed by atoms with Crippen LogP contribution in [0.4, 0.5) is 4.39 Å². The fourth-order valence-corrected chi connectivity index (χ4v) is 0.975. The van der Waals surface area contributed by atoms with E-state index in [2.05, 4.69) is 5.43 Å². The smallest absolute Gasteiger partial charge is 0.105 e. The molecule has 0 saturated heterocycles. The van der Waals surface area contributed by atoms with Gasteiger partial charge in [-0.3, -0.25) is 11.3 Å². The molecule has 0 bridgehead atoms. The average molecular weight is 142 g/mol. The summed E-state index contributed by atoms with van der Waals surface area (Å²) in [5, 5.41) is 0. The van der Waals surface area contributed by atoms with Crippen molar-refractivity contribution < 1.29 is 4.39 Å². The van der Waals surface area contributed by atoms with E-state index in [9.17, 15) is 4.39 Å². The third kappa shape index (κ3) is 1.65. The average Bonchev–Trinajstić information content (AvgIpc) is 1.94. The van der Waals surface area contributed by atoms with Crippen molar-refractivity contribution >= 4 is 0 Å². The van der Waals surface area contributed by atoms with Gasteiger partial charge in [0.1, 0.15) is 5.83 Å². The van der Waals surface area contributed by atoms with Gasteiger partial charge in [0, 0.05) is 12.5 Å². The lowest BCUT2D eigenvalue weighted by molar-refractivity contribution is 0.440. The van der Waals surface area contributed by atoms with Crippen LogP contribution >= 0.6 is 0 Å². The maximum absolute atomic E-state index is 12.7. The van der Waals surface area contributed by atoms with Gasteiger partial charge in [0.05, 0.1) is 0 Å². The molecular formula is C7H11FN2. The molecule has 0 aromatic carbocycles. The second-order valence-electron chi connectivity index (χ2n) is 2.32. The zero-order chi connectivity index (χ0) is 7.40. The zero-order valence-corrected chi connectivity index (χ0v) is 5.68. The monoisotopic (exact) mass is 142 g/mol. The number of nitrogens with one attached hydrogen (secondary N) is 1. The Morgan fingerprint density at radius 3 is 3.20 bits per heavy atom. The highest BCUT2D eigenvalue weighted by molar-refractivity contribution is 5.16. The number of allylic oxidation sites excluding steroid dienone is 3. The summed E-state index contributed by atoms with van der Waals surface area (Å²) in [6, 6.07) is 0. The van der Waals surface area contributed by atoms with Crippen LogP contribution in [-0.2, 0) is 0 Å². The molecule has 0 aromatic heterocycles. The molecule has 0 aromatic rings. The number of nitrogens with two attached hydrogens (primary N) is 1. The molecule has 10 heavy (non-hydrogen) atoms. The van der Waals surface area contributed by atoms with E-state index in [1.165, 1.54) is 6.08 Å². The summed E-state index contributed by atoms with van der Waals surface area (Å²) in [6.45, 7) is 0.507. The lowest BCUT2D eigenvalue weighted by Crippen LogP contribution is -2.29. The van der Waals surface area contributed by atoms with E-state index < -0.39 is 0 Å². The minimum Gasteiger partial charge on any atom is -0.271 e. The van der Waals surface area contributed by atoms with Crippen molar-refractivity contribution in [3.8, 4) is 0 Å². The van der Waals surface area contributed by atoms with Crippen LogP contribution in [-0.4, -0.2) is 6.54 Å². The van der Waals surface area contributed by atoms with Gasteiger partial charge in [0.2, 0.25) is 0 Å². The molecular weight excluding hydrogens is 131 g/mol. The van der Waals surface area contributed by atoms with Crippen LogP contribution in [0.25, 0.3) is 0 Å². The summed E-state index contributed by atoms with van der Waals surface area (Å²) in [7, 11) is 0. The van der Waals surface area contributed by atoms with E-state index in [1.54, 1.807) is 6.08 Å². The lowest BCUT2D eigenvalue weighted by atomic mass is 10.00. The van der Waals surface area contributed by atoms with Crippen LogP contribution < -0.4 is 11.3 Å². The van der Waals surface area contributed by atoms with E-state index in [0.29, 0.717) is 6.54 Å². The number of rotatable bonds is 2. The molecule has 0 saturated carbocycles. The molecule has 0 fully saturated rings. The number of hydrogen-bond donors (Lipinski definition) is 2. The third-order valence-corrected chi connectivity index (χ3v) is 1.57. The van der Waals surface area contributed by atoms with Crippen molar-refractivity contribution in [3.63, 3.8) is 0 Å². The van der Waals surface area contributed by atoms with E-state index in [-0.39, 0.29) is 11.7 Å². The molecule has 0 aliphatic heterocycles.